The van der Waals surface area contributed by atoms with Gasteiger partial charge in [-0.2, -0.15) is 0 Å². The van der Waals surface area contributed by atoms with Gasteiger partial charge in [0.2, 0.25) is 0 Å². The van der Waals surface area contributed by atoms with E-state index in [1.807, 2.05) is 60.7 Å². The highest BCUT2D eigenvalue weighted by Crippen LogP contribution is 2.36. The van der Waals surface area contributed by atoms with Gasteiger partial charge in [-0.25, -0.2) is 0 Å². The van der Waals surface area contributed by atoms with Crippen LogP contribution < -0.4 is 0 Å². The highest BCUT2D eigenvalue weighted by atomic mass is 32.2. The number of carboxylic acid groups (broad SMARTS) is 1. The molecule has 0 aliphatic carbocycles. The maximum absolute atomic E-state index is 12.6. The van der Waals surface area contributed by atoms with Crippen LogP contribution in [-0.4, -0.2) is 37.9 Å². The molecule has 0 bridgehead atoms. The van der Waals surface area contributed by atoms with Crippen LogP contribution in [0.15, 0.2) is 70.1 Å². The van der Waals surface area contributed by atoms with E-state index in [1.165, 1.54) is 0 Å². The second-order valence-electron chi connectivity index (χ2n) is 6.98. The van der Waals surface area contributed by atoms with Crippen molar-refractivity contribution in [3.8, 4) is 11.3 Å². The number of aliphatic carboxylic acids is 1. The maximum Gasteiger partial charge on any atom is 0.323 e. The summed E-state index contributed by atoms with van der Waals surface area (Å²) in [6, 6.07) is 19.6. The third kappa shape index (κ3) is 3.49. The SMILES string of the molecule is O=C(O)CN1C(=O)/C(=C\c2ccc3noc(-c4cccc5ccccc45)c3c2)SC1=S. The van der Waals surface area contributed by atoms with Gasteiger partial charge in [0.1, 0.15) is 16.4 Å². The predicted octanol–water partition coefficient (Wildman–Crippen LogP) is 4.93. The Morgan fingerprint density at radius 1 is 1.13 bits per heavy atom. The largest absolute Gasteiger partial charge is 0.480 e. The summed E-state index contributed by atoms with van der Waals surface area (Å²) in [6.45, 7) is -0.447. The van der Waals surface area contributed by atoms with Crippen molar-refractivity contribution in [3.63, 3.8) is 0 Å². The lowest BCUT2D eigenvalue weighted by molar-refractivity contribution is -0.140. The Hall–Kier alpha value is -3.49. The number of fused-ring (bicyclic) bond motifs is 2. The van der Waals surface area contributed by atoms with Crippen molar-refractivity contribution in [2.24, 2.45) is 0 Å². The van der Waals surface area contributed by atoms with Gasteiger partial charge in [-0.15, -0.1) is 0 Å². The maximum atomic E-state index is 12.6. The number of carbonyl (C=O) groups excluding carboxylic acids is 1. The highest BCUT2D eigenvalue weighted by molar-refractivity contribution is 8.26. The molecule has 0 unspecified atom stereocenters. The van der Waals surface area contributed by atoms with Gasteiger partial charge in [0.05, 0.1) is 10.3 Å². The first-order valence-corrected chi connectivity index (χ1v) is 10.6. The van der Waals surface area contributed by atoms with Gasteiger partial charge in [-0.05, 0) is 34.5 Å². The average molecular weight is 447 g/mol. The zero-order valence-electron chi connectivity index (χ0n) is 15.9. The lowest BCUT2D eigenvalue weighted by atomic mass is 10.00. The van der Waals surface area contributed by atoms with Gasteiger partial charge in [0.15, 0.2) is 5.76 Å². The van der Waals surface area contributed by atoms with Crippen LogP contribution in [0.2, 0.25) is 0 Å². The molecule has 8 heteroatoms. The van der Waals surface area contributed by atoms with Gasteiger partial charge in [-0.1, -0.05) is 77.7 Å². The molecule has 31 heavy (non-hydrogen) atoms. The number of carbonyl (C=O) groups is 2. The number of thioether (sulfide) groups is 1. The number of nitrogens with zero attached hydrogens (tertiary/aromatic N) is 2. The molecule has 0 spiro atoms. The van der Waals surface area contributed by atoms with E-state index in [4.69, 9.17) is 21.8 Å². The van der Waals surface area contributed by atoms with Gasteiger partial charge >= 0.3 is 5.97 Å². The minimum absolute atomic E-state index is 0.237. The number of benzene rings is 3. The number of carboxylic acids is 1. The van der Waals surface area contributed by atoms with Gasteiger partial charge < -0.3 is 9.63 Å². The van der Waals surface area contributed by atoms with Crippen LogP contribution in [0.3, 0.4) is 0 Å². The molecule has 1 amide bonds. The highest BCUT2D eigenvalue weighted by Gasteiger charge is 2.33. The molecule has 1 aliphatic heterocycles. The van der Waals surface area contributed by atoms with Crippen LogP contribution in [-0.2, 0) is 9.59 Å². The van der Waals surface area contributed by atoms with E-state index in [9.17, 15) is 9.59 Å². The molecule has 1 fully saturated rings. The molecule has 6 nitrogen and oxygen atoms in total. The molecule has 152 valence electrons. The zero-order valence-corrected chi connectivity index (χ0v) is 17.6. The van der Waals surface area contributed by atoms with Crippen LogP contribution in [0.1, 0.15) is 5.56 Å². The fourth-order valence-electron chi connectivity index (χ4n) is 3.59. The van der Waals surface area contributed by atoms with Crippen molar-refractivity contribution in [2.75, 3.05) is 6.54 Å². The molecule has 0 saturated carbocycles. The molecule has 1 N–H and O–H groups in total. The topological polar surface area (TPSA) is 83.6 Å². The summed E-state index contributed by atoms with van der Waals surface area (Å²) >= 11 is 6.26. The lowest BCUT2D eigenvalue weighted by Gasteiger charge is -2.10. The molecule has 1 saturated heterocycles. The number of thiocarbonyl (C=S) groups is 1. The summed E-state index contributed by atoms with van der Waals surface area (Å²) in [5, 5.41) is 16.2. The number of aromatic nitrogens is 1. The third-order valence-corrected chi connectivity index (χ3v) is 6.38. The van der Waals surface area contributed by atoms with E-state index >= 15 is 0 Å². The first-order chi connectivity index (χ1) is 15.0. The molecule has 3 aromatic carbocycles. The predicted molar refractivity (Wildman–Crippen MR) is 124 cm³/mol. The van der Waals surface area contributed by atoms with Crippen molar-refractivity contribution in [1.82, 2.24) is 10.1 Å². The number of rotatable bonds is 4. The number of hydrogen-bond donors (Lipinski definition) is 1. The molecule has 1 aliphatic rings. The Morgan fingerprint density at radius 2 is 1.94 bits per heavy atom. The first kappa shape index (κ1) is 19.5. The molecular weight excluding hydrogens is 432 g/mol. The summed E-state index contributed by atoms with van der Waals surface area (Å²) < 4.78 is 5.93. The van der Waals surface area contributed by atoms with E-state index in [0.717, 1.165) is 43.9 Å². The molecule has 1 aromatic heterocycles. The monoisotopic (exact) mass is 446 g/mol. The molecular formula is C23H14N2O4S2. The van der Waals surface area contributed by atoms with Crippen molar-refractivity contribution in [1.29, 1.82) is 0 Å². The lowest BCUT2D eigenvalue weighted by Crippen LogP contribution is -2.33. The Bertz CT molecular complexity index is 1420. The van der Waals surface area contributed by atoms with E-state index in [0.29, 0.717) is 16.2 Å². The minimum Gasteiger partial charge on any atom is -0.480 e. The third-order valence-electron chi connectivity index (χ3n) is 5.00. The van der Waals surface area contributed by atoms with Crippen LogP contribution in [0.4, 0.5) is 0 Å². The van der Waals surface area contributed by atoms with Crippen LogP contribution >= 0.6 is 24.0 Å². The quantitative estimate of drug-likeness (QED) is 0.351. The van der Waals surface area contributed by atoms with Gasteiger partial charge in [0.25, 0.3) is 5.91 Å². The van der Waals surface area contributed by atoms with Gasteiger partial charge in [0, 0.05) is 5.56 Å². The molecule has 2 heterocycles. The Morgan fingerprint density at radius 3 is 2.77 bits per heavy atom. The summed E-state index contributed by atoms with van der Waals surface area (Å²) in [4.78, 5) is 25.0. The Kier molecular flexibility index (Phi) is 4.80. The van der Waals surface area contributed by atoms with E-state index in [2.05, 4.69) is 5.16 Å². The Balaban J connectivity index is 1.57. The van der Waals surface area contributed by atoms with Crippen molar-refractivity contribution in [3.05, 3.63) is 71.1 Å². The molecule has 0 radical (unpaired) electrons. The molecule has 0 atom stereocenters. The fourth-order valence-corrected chi connectivity index (χ4v) is 4.84. The first-order valence-electron chi connectivity index (χ1n) is 9.36. The fraction of sp³-hybridized carbons (Fsp3) is 0.0435. The summed E-state index contributed by atoms with van der Waals surface area (Å²) in [6.07, 6.45) is 1.71. The summed E-state index contributed by atoms with van der Waals surface area (Å²) in [5.41, 5.74) is 2.41. The van der Waals surface area contributed by atoms with Gasteiger partial charge in [-0.3, -0.25) is 14.5 Å². The van der Waals surface area contributed by atoms with Crippen molar-refractivity contribution < 1.29 is 19.2 Å². The normalized spacial score (nSPS) is 15.5. The second kappa shape index (κ2) is 7.64. The number of amides is 1. The standard InChI is InChI=1S/C23H14N2O4S2/c26-20(27)12-25-22(28)19(31-23(25)30)11-13-8-9-18-17(10-13)21(29-24-18)16-7-3-5-14-4-1-2-6-15(14)16/h1-11H,12H2,(H,26,27)/b19-11+. The molecule has 5 rings (SSSR count). The number of hydrogen-bond acceptors (Lipinski definition) is 6. The van der Waals surface area contributed by atoms with Crippen LogP contribution in [0, 0.1) is 0 Å². The molecule has 4 aromatic rings. The van der Waals surface area contributed by atoms with Crippen molar-refractivity contribution in [2.45, 2.75) is 0 Å². The van der Waals surface area contributed by atoms with Crippen molar-refractivity contribution >= 4 is 67.9 Å². The van der Waals surface area contributed by atoms with Crippen LogP contribution in [0.25, 0.3) is 39.1 Å². The Labute approximate surface area is 186 Å². The van der Waals surface area contributed by atoms with E-state index < -0.39 is 18.4 Å². The van der Waals surface area contributed by atoms with E-state index in [-0.39, 0.29) is 4.32 Å². The summed E-state index contributed by atoms with van der Waals surface area (Å²) in [5.74, 6) is -0.860. The zero-order chi connectivity index (χ0) is 21.5. The van der Waals surface area contributed by atoms with Crippen LogP contribution in [0.5, 0.6) is 0 Å². The minimum atomic E-state index is -1.11. The smallest absolute Gasteiger partial charge is 0.323 e. The summed E-state index contributed by atoms with van der Waals surface area (Å²) in [7, 11) is 0. The van der Waals surface area contributed by atoms with E-state index in [1.54, 1.807) is 6.08 Å². The average Bonchev–Trinajstić information content (AvgIpc) is 3.29. The second-order valence-corrected chi connectivity index (χ2v) is 8.65.